The smallest absolute Gasteiger partial charge is 0.254 e. The van der Waals surface area contributed by atoms with Crippen LogP contribution in [0.2, 0.25) is 5.15 Å². The van der Waals surface area contributed by atoms with Crippen molar-refractivity contribution in [2.24, 2.45) is 11.8 Å². The Kier molecular flexibility index (Phi) is 2.98. The van der Waals surface area contributed by atoms with E-state index in [0.29, 0.717) is 11.8 Å². The molecular formula is C13H14ClFN2O. The van der Waals surface area contributed by atoms with E-state index >= 15 is 0 Å². The molecule has 2 saturated carbocycles. The third-order valence-corrected chi connectivity index (χ3v) is 3.91. The van der Waals surface area contributed by atoms with E-state index in [1.54, 1.807) is 0 Å². The maximum Gasteiger partial charge on any atom is 0.254 e. The van der Waals surface area contributed by atoms with E-state index in [1.807, 2.05) is 0 Å². The zero-order valence-corrected chi connectivity index (χ0v) is 10.6. The van der Waals surface area contributed by atoms with Gasteiger partial charge in [0, 0.05) is 6.04 Å². The predicted molar refractivity (Wildman–Crippen MR) is 65.9 cm³/mol. The molecule has 3 rings (SSSR count). The zero-order valence-electron chi connectivity index (χ0n) is 9.83. The monoisotopic (exact) mass is 268 g/mol. The molecular weight excluding hydrogens is 255 g/mol. The fourth-order valence-electron chi connectivity index (χ4n) is 2.34. The highest BCUT2D eigenvalue weighted by atomic mass is 35.5. The summed E-state index contributed by atoms with van der Waals surface area (Å²) in [4.78, 5) is 15.7. The zero-order chi connectivity index (χ0) is 12.7. The number of aromatic nitrogens is 1. The summed E-state index contributed by atoms with van der Waals surface area (Å²) < 4.78 is 13.1. The van der Waals surface area contributed by atoms with Crippen molar-refractivity contribution in [2.45, 2.75) is 31.7 Å². The first kappa shape index (κ1) is 11.9. The molecule has 0 saturated heterocycles. The van der Waals surface area contributed by atoms with Crippen molar-refractivity contribution in [3.8, 4) is 0 Å². The third kappa shape index (κ3) is 2.48. The number of carbonyl (C=O) groups excluding carboxylic acids is 1. The number of nitrogens with zero attached hydrogens (tertiary/aromatic N) is 1. The summed E-state index contributed by atoms with van der Waals surface area (Å²) in [6.45, 7) is 0. The van der Waals surface area contributed by atoms with Gasteiger partial charge in [-0.1, -0.05) is 11.6 Å². The van der Waals surface area contributed by atoms with Crippen LogP contribution in [-0.4, -0.2) is 16.9 Å². The van der Waals surface area contributed by atoms with Gasteiger partial charge in [0.2, 0.25) is 0 Å². The van der Waals surface area contributed by atoms with Crippen LogP contribution in [0.15, 0.2) is 12.3 Å². The number of hydrogen-bond acceptors (Lipinski definition) is 2. The number of amides is 1. The molecule has 3 nitrogen and oxygen atoms in total. The molecule has 1 aromatic heterocycles. The van der Waals surface area contributed by atoms with Crippen molar-refractivity contribution in [3.63, 3.8) is 0 Å². The normalized spacial score (nSPS) is 19.1. The summed E-state index contributed by atoms with van der Waals surface area (Å²) in [5.41, 5.74) is 0.128. The fraction of sp³-hybridized carbons (Fsp3) is 0.538. The topological polar surface area (TPSA) is 42.0 Å². The number of rotatable bonds is 4. The lowest BCUT2D eigenvalue weighted by Crippen LogP contribution is -2.38. The summed E-state index contributed by atoms with van der Waals surface area (Å²) in [6.07, 6.45) is 5.72. The molecule has 1 heterocycles. The molecule has 1 N–H and O–H groups in total. The van der Waals surface area contributed by atoms with E-state index in [1.165, 1.54) is 25.7 Å². The van der Waals surface area contributed by atoms with Crippen molar-refractivity contribution < 1.29 is 9.18 Å². The van der Waals surface area contributed by atoms with Gasteiger partial charge in [-0.15, -0.1) is 0 Å². The van der Waals surface area contributed by atoms with Crippen molar-refractivity contribution in [3.05, 3.63) is 28.8 Å². The molecule has 0 atom stereocenters. The van der Waals surface area contributed by atoms with E-state index < -0.39 is 5.82 Å². The molecule has 1 amide bonds. The summed E-state index contributed by atoms with van der Waals surface area (Å²) in [7, 11) is 0. The minimum atomic E-state index is -0.543. The molecule has 0 aromatic carbocycles. The van der Waals surface area contributed by atoms with Crippen molar-refractivity contribution in [1.29, 1.82) is 0 Å². The van der Waals surface area contributed by atoms with Gasteiger partial charge in [0.15, 0.2) is 0 Å². The largest absolute Gasteiger partial charge is 0.349 e. The maximum atomic E-state index is 13.1. The Hall–Kier alpha value is -1.16. The first-order valence-corrected chi connectivity index (χ1v) is 6.65. The average Bonchev–Trinajstić information content (AvgIpc) is 3.21. The molecule has 18 heavy (non-hydrogen) atoms. The van der Waals surface area contributed by atoms with Crippen LogP contribution in [0.1, 0.15) is 36.0 Å². The molecule has 0 aliphatic heterocycles. The number of carbonyl (C=O) groups is 1. The molecule has 5 heteroatoms. The number of halogens is 2. The Morgan fingerprint density at radius 2 is 2.00 bits per heavy atom. The lowest BCUT2D eigenvalue weighted by atomic mass is 10.1. The Balaban J connectivity index is 1.75. The lowest BCUT2D eigenvalue weighted by molar-refractivity contribution is 0.0925. The number of pyridine rings is 1. The van der Waals surface area contributed by atoms with E-state index in [4.69, 9.17) is 11.6 Å². The van der Waals surface area contributed by atoms with Gasteiger partial charge in [0.25, 0.3) is 5.91 Å². The van der Waals surface area contributed by atoms with E-state index in [9.17, 15) is 9.18 Å². The Morgan fingerprint density at radius 1 is 1.39 bits per heavy atom. The van der Waals surface area contributed by atoms with Gasteiger partial charge in [-0.25, -0.2) is 9.37 Å². The van der Waals surface area contributed by atoms with Crippen LogP contribution in [0.5, 0.6) is 0 Å². The first-order chi connectivity index (χ1) is 8.65. The summed E-state index contributed by atoms with van der Waals surface area (Å²) in [5.74, 6) is 0.346. The second kappa shape index (κ2) is 4.50. The van der Waals surface area contributed by atoms with E-state index in [0.717, 1.165) is 12.3 Å². The summed E-state index contributed by atoms with van der Waals surface area (Å²) in [5, 5.41) is 3.05. The molecule has 2 aliphatic carbocycles. The van der Waals surface area contributed by atoms with Crippen LogP contribution in [0.4, 0.5) is 4.39 Å². The second-order valence-corrected chi connectivity index (χ2v) is 5.52. The summed E-state index contributed by atoms with van der Waals surface area (Å²) in [6, 6.07) is 1.37. The number of nitrogens with one attached hydrogen (secondary N) is 1. The summed E-state index contributed by atoms with van der Waals surface area (Å²) >= 11 is 5.83. The maximum absolute atomic E-state index is 13.1. The Morgan fingerprint density at radius 3 is 2.56 bits per heavy atom. The molecule has 0 spiro atoms. The molecule has 0 unspecified atom stereocenters. The standard InChI is InChI=1S/C13H14ClFN2O/c14-12-10(5-9(15)6-16-12)13(18)17-11(7-1-2-7)8-3-4-8/h5-8,11H,1-4H2,(H,17,18). The second-order valence-electron chi connectivity index (χ2n) is 5.17. The fourth-order valence-corrected chi connectivity index (χ4v) is 2.53. The van der Waals surface area contributed by atoms with Gasteiger partial charge in [-0.05, 0) is 43.6 Å². The molecule has 0 radical (unpaired) electrons. The highest BCUT2D eigenvalue weighted by Crippen LogP contribution is 2.44. The molecule has 2 fully saturated rings. The van der Waals surface area contributed by atoms with Crippen molar-refractivity contribution >= 4 is 17.5 Å². The van der Waals surface area contributed by atoms with Gasteiger partial charge in [-0.3, -0.25) is 4.79 Å². The van der Waals surface area contributed by atoms with E-state index in [2.05, 4.69) is 10.3 Å². The van der Waals surface area contributed by atoms with Gasteiger partial charge in [0.05, 0.1) is 11.8 Å². The van der Waals surface area contributed by atoms with E-state index in [-0.39, 0.29) is 22.7 Å². The SMILES string of the molecule is O=C(NC(C1CC1)C1CC1)c1cc(F)cnc1Cl. The third-order valence-electron chi connectivity index (χ3n) is 3.61. The van der Waals surface area contributed by atoms with Crippen LogP contribution >= 0.6 is 11.6 Å². The van der Waals surface area contributed by atoms with Crippen LogP contribution in [0.3, 0.4) is 0 Å². The molecule has 1 aromatic rings. The van der Waals surface area contributed by atoms with Crippen LogP contribution < -0.4 is 5.32 Å². The van der Waals surface area contributed by atoms with Crippen LogP contribution in [0, 0.1) is 17.7 Å². The van der Waals surface area contributed by atoms with Crippen LogP contribution in [-0.2, 0) is 0 Å². The molecule has 96 valence electrons. The van der Waals surface area contributed by atoms with Gasteiger partial charge < -0.3 is 5.32 Å². The average molecular weight is 269 g/mol. The molecule has 2 aliphatic rings. The highest BCUT2D eigenvalue weighted by Gasteiger charge is 2.42. The van der Waals surface area contributed by atoms with Gasteiger partial charge in [-0.2, -0.15) is 0 Å². The van der Waals surface area contributed by atoms with Crippen molar-refractivity contribution in [1.82, 2.24) is 10.3 Å². The predicted octanol–water partition coefficient (Wildman–Crippen LogP) is 2.79. The minimum Gasteiger partial charge on any atom is -0.349 e. The minimum absolute atomic E-state index is 0.0549. The molecule has 0 bridgehead atoms. The quantitative estimate of drug-likeness (QED) is 0.853. The highest BCUT2D eigenvalue weighted by molar-refractivity contribution is 6.32. The number of hydrogen-bond donors (Lipinski definition) is 1. The van der Waals surface area contributed by atoms with Crippen LogP contribution in [0.25, 0.3) is 0 Å². The lowest BCUT2D eigenvalue weighted by Gasteiger charge is -2.17. The Bertz CT molecular complexity index is 474. The Labute approximate surface area is 110 Å². The van der Waals surface area contributed by atoms with Gasteiger partial charge in [0.1, 0.15) is 11.0 Å². The van der Waals surface area contributed by atoms with Crippen molar-refractivity contribution in [2.75, 3.05) is 0 Å². The van der Waals surface area contributed by atoms with Gasteiger partial charge >= 0.3 is 0 Å². The first-order valence-electron chi connectivity index (χ1n) is 6.27.